The molecule has 0 saturated heterocycles. The topological polar surface area (TPSA) is 72.3 Å². The molecular weight excluding hydrogens is 334 g/mol. The van der Waals surface area contributed by atoms with Crippen LogP contribution in [0.3, 0.4) is 0 Å². The van der Waals surface area contributed by atoms with Crippen molar-refractivity contribution >= 4 is 43.3 Å². The van der Waals surface area contributed by atoms with Crippen molar-refractivity contribution in [2.24, 2.45) is 0 Å². The summed E-state index contributed by atoms with van der Waals surface area (Å²) in [6.45, 7) is 0. The third kappa shape index (κ3) is 2.43. The summed E-state index contributed by atoms with van der Waals surface area (Å²) in [6.07, 6.45) is 2.27. The molecule has 0 unspecified atom stereocenters. The van der Waals surface area contributed by atoms with E-state index in [-0.39, 0.29) is 6.42 Å². The van der Waals surface area contributed by atoms with Crippen LogP contribution in [-0.2, 0) is 21.4 Å². The SMILES string of the molecule is CN(C)S(=O)(=O)n1c(CC=O)cc2cnc(Br)cc21. The van der Waals surface area contributed by atoms with Crippen molar-refractivity contribution in [2.45, 2.75) is 6.42 Å². The van der Waals surface area contributed by atoms with E-state index in [1.54, 1.807) is 18.3 Å². The molecular formula is C11H12BrN3O3S. The second-order valence-corrected chi connectivity index (χ2v) is 6.93. The smallest absolute Gasteiger partial charge is 0.303 e. The number of halogens is 1. The molecule has 0 N–H and O–H groups in total. The highest BCUT2D eigenvalue weighted by molar-refractivity contribution is 9.10. The van der Waals surface area contributed by atoms with Crippen LogP contribution < -0.4 is 0 Å². The average Bonchev–Trinajstić information content (AvgIpc) is 2.67. The van der Waals surface area contributed by atoms with E-state index in [1.165, 1.54) is 18.1 Å². The largest absolute Gasteiger partial charge is 0.307 e. The van der Waals surface area contributed by atoms with E-state index in [0.717, 1.165) is 4.31 Å². The van der Waals surface area contributed by atoms with Gasteiger partial charge in [0, 0.05) is 37.8 Å². The molecule has 0 bridgehead atoms. The monoisotopic (exact) mass is 345 g/mol. The van der Waals surface area contributed by atoms with Crippen molar-refractivity contribution < 1.29 is 13.2 Å². The Morgan fingerprint density at radius 3 is 2.68 bits per heavy atom. The number of fused-ring (bicyclic) bond motifs is 1. The van der Waals surface area contributed by atoms with Crippen LogP contribution >= 0.6 is 15.9 Å². The number of hydrogen-bond donors (Lipinski definition) is 0. The van der Waals surface area contributed by atoms with Crippen LogP contribution in [0.15, 0.2) is 22.9 Å². The third-order valence-electron chi connectivity index (χ3n) is 2.66. The van der Waals surface area contributed by atoms with Gasteiger partial charge in [-0.25, -0.2) is 8.96 Å². The fraction of sp³-hybridized carbons (Fsp3) is 0.273. The van der Waals surface area contributed by atoms with Crippen LogP contribution in [-0.4, -0.2) is 42.1 Å². The van der Waals surface area contributed by atoms with Crippen LogP contribution in [0.4, 0.5) is 0 Å². The zero-order chi connectivity index (χ0) is 14.2. The lowest BCUT2D eigenvalue weighted by atomic mass is 10.3. The summed E-state index contributed by atoms with van der Waals surface area (Å²) in [5.41, 5.74) is 0.908. The zero-order valence-corrected chi connectivity index (χ0v) is 12.8. The average molecular weight is 346 g/mol. The van der Waals surface area contributed by atoms with Gasteiger partial charge < -0.3 is 4.79 Å². The molecule has 0 aliphatic heterocycles. The van der Waals surface area contributed by atoms with Gasteiger partial charge in [-0.15, -0.1) is 0 Å². The third-order valence-corrected chi connectivity index (χ3v) is 4.91. The van der Waals surface area contributed by atoms with E-state index < -0.39 is 10.2 Å². The first-order valence-electron chi connectivity index (χ1n) is 5.40. The second-order valence-electron chi connectivity index (χ2n) is 4.13. The van der Waals surface area contributed by atoms with Gasteiger partial charge in [0.2, 0.25) is 0 Å². The second kappa shape index (κ2) is 5.03. The van der Waals surface area contributed by atoms with Gasteiger partial charge in [-0.3, -0.25) is 0 Å². The van der Waals surface area contributed by atoms with Crippen molar-refractivity contribution in [2.75, 3.05) is 14.1 Å². The molecule has 0 spiro atoms. The Balaban J connectivity index is 2.85. The van der Waals surface area contributed by atoms with Gasteiger partial charge in [0.25, 0.3) is 0 Å². The predicted octanol–water partition coefficient (Wildman–Crippen LogP) is 1.19. The van der Waals surface area contributed by atoms with Gasteiger partial charge >= 0.3 is 10.2 Å². The van der Waals surface area contributed by atoms with Gasteiger partial charge in [-0.1, -0.05) is 0 Å². The van der Waals surface area contributed by atoms with E-state index in [9.17, 15) is 13.2 Å². The van der Waals surface area contributed by atoms with Gasteiger partial charge in [0.1, 0.15) is 10.9 Å². The van der Waals surface area contributed by atoms with Crippen LogP contribution in [0.1, 0.15) is 5.69 Å². The highest BCUT2D eigenvalue weighted by Gasteiger charge is 2.23. The van der Waals surface area contributed by atoms with Crippen molar-refractivity contribution in [1.82, 2.24) is 13.3 Å². The molecule has 2 rings (SSSR count). The molecule has 0 aliphatic carbocycles. The number of pyridine rings is 1. The number of aldehydes is 1. The Morgan fingerprint density at radius 1 is 1.42 bits per heavy atom. The van der Waals surface area contributed by atoms with Gasteiger partial charge in [-0.05, 0) is 28.1 Å². The van der Waals surface area contributed by atoms with E-state index in [4.69, 9.17) is 0 Å². The molecule has 2 aromatic rings. The van der Waals surface area contributed by atoms with Crippen molar-refractivity contribution in [3.05, 3.63) is 28.6 Å². The number of carbonyl (C=O) groups excluding carboxylic acids is 1. The molecule has 19 heavy (non-hydrogen) atoms. The summed E-state index contributed by atoms with van der Waals surface area (Å²) in [7, 11) is -0.794. The summed E-state index contributed by atoms with van der Waals surface area (Å²) in [5.74, 6) is 0. The highest BCUT2D eigenvalue weighted by Crippen LogP contribution is 2.24. The molecule has 2 heterocycles. The Kier molecular flexibility index (Phi) is 3.75. The molecule has 6 nitrogen and oxygen atoms in total. The van der Waals surface area contributed by atoms with Crippen molar-refractivity contribution in [3.63, 3.8) is 0 Å². The minimum absolute atomic E-state index is 0.0272. The molecule has 0 atom stereocenters. The van der Waals surface area contributed by atoms with Gasteiger partial charge in [-0.2, -0.15) is 12.7 Å². The molecule has 102 valence electrons. The first-order valence-corrected chi connectivity index (χ1v) is 7.59. The number of hydrogen-bond acceptors (Lipinski definition) is 4. The quantitative estimate of drug-likeness (QED) is 0.616. The lowest BCUT2D eigenvalue weighted by Gasteiger charge is -2.15. The summed E-state index contributed by atoms with van der Waals surface area (Å²) < 4.78 is 27.5. The maximum atomic E-state index is 12.4. The van der Waals surface area contributed by atoms with E-state index in [2.05, 4.69) is 20.9 Å². The normalized spacial score (nSPS) is 12.2. The molecule has 2 aromatic heterocycles. The fourth-order valence-corrected chi connectivity index (χ4v) is 3.25. The molecule has 0 aliphatic rings. The fourth-order valence-electron chi connectivity index (χ4n) is 1.77. The maximum absolute atomic E-state index is 12.4. The van der Waals surface area contributed by atoms with E-state index >= 15 is 0 Å². The Hall–Kier alpha value is -1.25. The summed E-state index contributed by atoms with van der Waals surface area (Å²) >= 11 is 3.22. The van der Waals surface area contributed by atoms with Gasteiger partial charge in [0.15, 0.2) is 0 Å². The maximum Gasteiger partial charge on any atom is 0.307 e. The minimum Gasteiger partial charge on any atom is -0.303 e. The predicted molar refractivity (Wildman–Crippen MR) is 75.2 cm³/mol. The van der Waals surface area contributed by atoms with Crippen LogP contribution in [0, 0.1) is 0 Å². The Labute approximate surface area is 119 Å². The Morgan fingerprint density at radius 2 is 2.11 bits per heavy atom. The molecule has 0 saturated carbocycles. The number of carbonyl (C=O) groups is 1. The summed E-state index contributed by atoms with van der Waals surface area (Å²) in [4.78, 5) is 14.8. The number of nitrogens with zero attached hydrogens (tertiary/aromatic N) is 3. The molecule has 0 radical (unpaired) electrons. The first kappa shape index (κ1) is 14.2. The van der Waals surface area contributed by atoms with Crippen LogP contribution in [0.2, 0.25) is 0 Å². The first-order chi connectivity index (χ1) is 8.87. The van der Waals surface area contributed by atoms with E-state index in [0.29, 0.717) is 27.5 Å². The zero-order valence-electron chi connectivity index (χ0n) is 10.4. The summed E-state index contributed by atoms with van der Waals surface area (Å²) in [5, 5.41) is 0.672. The van der Waals surface area contributed by atoms with Crippen molar-refractivity contribution in [1.29, 1.82) is 0 Å². The molecule has 0 amide bonds. The standard InChI is InChI=1S/C11H12BrN3O3S/c1-14(2)19(17,18)15-9(3-4-16)5-8-7-13-11(12)6-10(8)15/h4-7H,3H2,1-2H3. The number of rotatable bonds is 4. The molecule has 0 aromatic carbocycles. The van der Waals surface area contributed by atoms with Crippen LogP contribution in [0.25, 0.3) is 10.9 Å². The Bertz CT molecular complexity index is 737. The highest BCUT2D eigenvalue weighted by atomic mass is 79.9. The lowest BCUT2D eigenvalue weighted by molar-refractivity contribution is -0.107. The lowest BCUT2D eigenvalue weighted by Crippen LogP contribution is -2.30. The molecule has 0 fully saturated rings. The van der Waals surface area contributed by atoms with E-state index in [1.807, 2.05) is 0 Å². The number of aromatic nitrogens is 2. The van der Waals surface area contributed by atoms with Crippen LogP contribution in [0.5, 0.6) is 0 Å². The molecule has 8 heteroatoms. The summed E-state index contributed by atoms with van der Waals surface area (Å²) in [6, 6.07) is 3.27. The van der Waals surface area contributed by atoms with Crippen molar-refractivity contribution in [3.8, 4) is 0 Å². The minimum atomic E-state index is -3.69. The van der Waals surface area contributed by atoms with Gasteiger partial charge in [0.05, 0.1) is 5.52 Å².